The number of aromatic nitrogens is 1. The molecule has 1 atom stereocenters. The molecule has 1 N–H and O–H groups in total. The number of anilines is 1. The highest BCUT2D eigenvalue weighted by atomic mass is 35.5. The van der Waals surface area contributed by atoms with Gasteiger partial charge in [-0.25, -0.2) is 0 Å². The summed E-state index contributed by atoms with van der Waals surface area (Å²) in [6.07, 6.45) is 5.21. The Morgan fingerprint density at radius 2 is 2.04 bits per heavy atom. The molecule has 24 heavy (non-hydrogen) atoms. The van der Waals surface area contributed by atoms with Gasteiger partial charge in [-0.15, -0.1) is 0 Å². The van der Waals surface area contributed by atoms with Gasteiger partial charge in [-0.2, -0.15) is 0 Å². The van der Waals surface area contributed by atoms with Crippen LogP contribution in [0.4, 0.5) is 5.69 Å². The Kier molecular flexibility index (Phi) is 5.72. The van der Waals surface area contributed by atoms with Gasteiger partial charge >= 0.3 is 0 Å². The number of nitrogens with zero attached hydrogens (tertiary/aromatic N) is 2. The van der Waals surface area contributed by atoms with Crippen molar-refractivity contribution in [2.24, 2.45) is 5.92 Å². The van der Waals surface area contributed by atoms with Crippen LogP contribution in [0.2, 0.25) is 10.0 Å². The number of nitrogens with one attached hydrogen (secondary N) is 1. The van der Waals surface area contributed by atoms with E-state index in [0.717, 1.165) is 30.6 Å². The lowest BCUT2D eigenvalue weighted by Crippen LogP contribution is -2.40. The highest BCUT2D eigenvalue weighted by molar-refractivity contribution is 6.35. The first-order valence-corrected chi connectivity index (χ1v) is 8.75. The number of hydrogen-bond donors (Lipinski definition) is 1. The molecular weight excluding hydrogens is 345 g/mol. The van der Waals surface area contributed by atoms with Crippen LogP contribution >= 0.6 is 23.2 Å². The second-order valence-electron chi connectivity index (χ2n) is 6.01. The summed E-state index contributed by atoms with van der Waals surface area (Å²) in [4.78, 5) is 18.7. The molecule has 6 heteroatoms. The molecule has 3 rings (SSSR count). The third-order valence-corrected chi connectivity index (χ3v) is 4.96. The second kappa shape index (κ2) is 7.97. The van der Waals surface area contributed by atoms with E-state index in [1.165, 1.54) is 0 Å². The minimum atomic E-state index is -0.0415. The van der Waals surface area contributed by atoms with Gasteiger partial charge in [0.05, 0.1) is 17.8 Å². The predicted octanol–water partition coefficient (Wildman–Crippen LogP) is 4.24. The van der Waals surface area contributed by atoms with Crippen molar-refractivity contribution in [2.75, 3.05) is 18.4 Å². The molecule has 1 aliphatic rings. The molecule has 1 fully saturated rings. The molecule has 126 valence electrons. The van der Waals surface area contributed by atoms with Gasteiger partial charge in [-0.1, -0.05) is 29.3 Å². The van der Waals surface area contributed by atoms with Crippen LogP contribution in [-0.2, 0) is 11.3 Å². The van der Waals surface area contributed by atoms with E-state index in [9.17, 15) is 4.79 Å². The number of pyridine rings is 1. The van der Waals surface area contributed by atoms with Crippen molar-refractivity contribution in [1.29, 1.82) is 0 Å². The lowest BCUT2D eigenvalue weighted by molar-refractivity contribution is -0.121. The minimum Gasteiger partial charge on any atom is -0.324 e. The molecule has 0 saturated carbocycles. The maximum Gasteiger partial charge on any atom is 0.228 e. The topological polar surface area (TPSA) is 45.2 Å². The Morgan fingerprint density at radius 1 is 1.25 bits per heavy atom. The molecule has 4 nitrogen and oxygen atoms in total. The summed E-state index contributed by atoms with van der Waals surface area (Å²) in [5.41, 5.74) is 1.66. The summed E-state index contributed by atoms with van der Waals surface area (Å²) in [6.45, 7) is 2.31. The van der Waals surface area contributed by atoms with Crippen molar-refractivity contribution in [2.45, 2.75) is 19.4 Å². The fourth-order valence-corrected chi connectivity index (χ4v) is 3.52. The summed E-state index contributed by atoms with van der Waals surface area (Å²) in [7, 11) is 0. The average Bonchev–Trinajstić information content (AvgIpc) is 2.59. The molecule has 1 aliphatic heterocycles. The maximum atomic E-state index is 12.5. The number of amides is 1. The fourth-order valence-electron chi connectivity index (χ4n) is 3.00. The van der Waals surface area contributed by atoms with Crippen molar-refractivity contribution >= 4 is 34.8 Å². The van der Waals surface area contributed by atoms with Gasteiger partial charge in [0.1, 0.15) is 0 Å². The average molecular weight is 364 g/mol. The maximum absolute atomic E-state index is 12.5. The first-order valence-electron chi connectivity index (χ1n) is 7.99. The quantitative estimate of drug-likeness (QED) is 0.883. The molecule has 2 aromatic rings. The Balaban J connectivity index is 1.63. The summed E-state index contributed by atoms with van der Waals surface area (Å²) in [5.74, 6) is -0.00169. The van der Waals surface area contributed by atoms with Crippen LogP contribution in [-0.4, -0.2) is 28.9 Å². The van der Waals surface area contributed by atoms with Gasteiger partial charge in [0.2, 0.25) is 5.91 Å². The monoisotopic (exact) mass is 363 g/mol. The molecule has 0 aliphatic carbocycles. The number of halogens is 2. The van der Waals surface area contributed by atoms with Crippen molar-refractivity contribution < 1.29 is 4.79 Å². The van der Waals surface area contributed by atoms with E-state index in [1.807, 2.05) is 30.3 Å². The molecule has 1 aromatic heterocycles. The predicted molar refractivity (Wildman–Crippen MR) is 97.3 cm³/mol. The number of rotatable bonds is 4. The van der Waals surface area contributed by atoms with Crippen LogP contribution in [0.15, 0.2) is 42.7 Å². The van der Waals surface area contributed by atoms with Crippen LogP contribution in [0.5, 0.6) is 0 Å². The van der Waals surface area contributed by atoms with Crippen molar-refractivity contribution in [3.05, 3.63) is 58.3 Å². The molecule has 1 saturated heterocycles. The zero-order chi connectivity index (χ0) is 16.9. The van der Waals surface area contributed by atoms with Crippen LogP contribution in [0.3, 0.4) is 0 Å². The SMILES string of the molecule is O=C(Nc1cccnc1)C1CCCN(Cc2c(Cl)cccc2Cl)C1. The van der Waals surface area contributed by atoms with Crippen molar-refractivity contribution in [3.8, 4) is 0 Å². The van der Waals surface area contributed by atoms with Crippen LogP contribution < -0.4 is 5.32 Å². The van der Waals surface area contributed by atoms with Crippen molar-refractivity contribution in [3.63, 3.8) is 0 Å². The third-order valence-electron chi connectivity index (χ3n) is 4.25. The van der Waals surface area contributed by atoms with Crippen LogP contribution in [0.25, 0.3) is 0 Å². The molecule has 0 radical (unpaired) electrons. The molecule has 2 heterocycles. The molecule has 1 aromatic carbocycles. The number of piperidine rings is 1. The highest BCUT2D eigenvalue weighted by Gasteiger charge is 2.26. The number of likely N-dealkylation sites (tertiary alicyclic amines) is 1. The van der Waals surface area contributed by atoms with Gasteiger partial charge in [-0.3, -0.25) is 14.7 Å². The van der Waals surface area contributed by atoms with Gasteiger partial charge in [0.15, 0.2) is 0 Å². The molecule has 0 bridgehead atoms. The number of carbonyl (C=O) groups is 1. The molecule has 0 spiro atoms. The van der Waals surface area contributed by atoms with E-state index in [2.05, 4.69) is 15.2 Å². The highest BCUT2D eigenvalue weighted by Crippen LogP contribution is 2.28. The van der Waals surface area contributed by atoms with E-state index < -0.39 is 0 Å². The van der Waals surface area contributed by atoms with Crippen molar-refractivity contribution in [1.82, 2.24) is 9.88 Å². The largest absolute Gasteiger partial charge is 0.324 e. The lowest BCUT2D eigenvalue weighted by Gasteiger charge is -2.32. The number of hydrogen-bond acceptors (Lipinski definition) is 3. The van der Waals surface area contributed by atoms with E-state index >= 15 is 0 Å². The van der Waals surface area contributed by atoms with Crippen LogP contribution in [0, 0.1) is 5.92 Å². The summed E-state index contributed by atoms with van der Waals surface area (Å²) >= 11 is 12.5. The fraction of sp³-hybridized carbons (Fsp3) is 0.333. The minimum absolute atomic E-state index is 0.0398. The number of carbonyl (C=O) groups excluding carboxylic acids is 1. The summed E-state index contributed by atoms with van der Waals surface area (Å²) < 4.78 is 0. The Morgan fingerprint density at radius 3 is 2.75 bits per heavy atom. The lowest BCUT2D eigenvalue weighted by atomic mass is 9.96. The van der Waals surface area contributed by atoms with E-state index in [4.69, 9.17) is 23.2 Å². The van der Waals surface area contributed by atoms with Gasteiger partial charge < -0.3 is 5.32 Å². The van der Waals surface area contributed by atoms with Gasteiger partial charge in [0.25, 0.3) is 0 Å². The van der Waals surface area contributed by atoms with Crippen LogP contribution in [0.1, 0.15) is 18.4 Å². The van der Waals surface area contributed by atoms with Gasteiger partial charge in [0, 0.05) is 34.9 Å². The molecular formula is C18H19Cl2N3O. The first kappa shape index (κ1) is 17.2. The van der Waals surface area contributed by atoms with E-state index in [1.54, 1.807) is 12.4 Å². The Labute approximate surface area is 151 Å². The molecule has 1 amide bonds. The molecule has 1 unspecified atom stereocenters. The second-order valence-corrected chi connectivity index (χ2v) is 6.82. The van der Waals surface area contributed by atoms with E-state index in [-0.39, 0.29) is 11.8 Å². The Bertz CT molecular complexity index is 688. The Hall–Kier alpha value is -1.62. The van der Waals surface area contributed by atoms with Gasteiger partial charge in [-0.05, 0) is 43.7 Å². The first-order chi connectivity index (χ1) is 11.6. The number of benzene rings is 1. The standard InChI is InChI=1S/C18H19Cl2N3O/c19-16-6-1-7-17(20)15(16)12-23-9-3-4-13(11-23)18(24)22-14-5-2-8-21-10-14/h1-2,5-8,10,13H,3-4,9,11-12H2,(H,22,24). The van der Waals surface area contributed by atoms with E-state index in [0.29, 0.717) is 23.1 Å². The zero-order valence-electron chi connectivity index (χ0n) is 13.2. The third kappa shape index (κ3) is 4.26. The summed E-state index contributed by atoms with van der Waals surface area (Å²) in [6, 6.07) is 9.18. The normalized spacial score (nSPS) is 18.3. The summed E-state index contributed by atoms with van der Waals surface area (Å²) in [5, 5.41) is 4.28. The zero-order valence-corrected chi connectivity index (χ0v) is 14.7. The smallest absolute Gasteiger partial charge is 0.228 e.